The second kappa shape index (κ2) is 8.08. The molecule has 0 spiro atoms. The van der Waals surface area contributed by atoms with Crippen LogP contribution in [0.4, 0.5) is 8.78 Å². The number of hydrogen-bond acceptors (Lipinski definition) is 2. The Kier molecular flexibility index (Phi) is 6.11. The van der Waals surface area contributed by atoms with Crippen molar-refractivity contribution in [3.8, 4) is 0 Å². The van der Waals surface area contributed by atoms with Gasteiger partial charge in [0.1, 0.15) is 11.6 Å². The van der Waals surface area contributed by atoms with Crippen LogP contribution in [0.3, 0.4) is 0 Å². The first-order valence-corrected chi connectivity index (χ1v) is 7.59. The highest BCUT2D eigenvalue weighted by atomic mass is 19.1. The van der Waals surface area contributed by atoms with E-state index in [4.69, 9.17) is 0 Å². The molecule has 0 aromatic heterocycles. The van der Waals surface area contributed by atoms with E-state index in [0.29, 0.717) is 0 Å². The molecule has 1 aromatic rings. The molecule has 116 valence electrons. The number of halogens is 2. The van der Waals surface area contributed by atoms with Crippen molar-refractivity contribution in [1.82, 2.24) is 10.6 Å². The average molecular weight is 296 g/mol. The molecule has 1 fully saturated rings. The van der Waals surface area contributed by atoms with E-state index in [1.165, 1.54) is 12.8 Å². The van der Waals surface area contributed by atoms with Gasteiger partial charge in [-0.1, -0.05) is 25.7 Å². The molecule has 0 atom stereocenters. The number of nitrogens with one attached hydrogen (secondary N) is 2. The van der Waals surface area contributed by atoms with Crippen LogP contribution in [0.5, 0.6) is 0 Å². The Hall–Kier alpha value is -1.49. The maximum Gasteiger partial charge on any atom is 0.234 e. The van der Waals surface area contributed by atoms with E-state index in [-0.39, 0.29) is 30.6 Å². The third-order valence-corrected chi connectivity index (χ3v) is 3.83. The Morgan fingerprint density at radius 3 is 2.57 bits per heavy atom. The van der Waals surface area contributed by atoms with Crippen LogP contribution in [0.2, 0.25) is 0 Å². The first kappa shape index (κ1) is 15.9. The van der Waals surface area contributed by atoms with Gasteiger partial charge in [0.05, 0.1) is 6.54 Å². The van der Waals surface area contributed by atoms with Crippen molar-refractivity contribution in [3.05, 3.63) is 35.4 Å². The van der Waals surface area contributed by atoms with Crippen molar-refractivity contribution >= 4 is 5.91 Å². The fourth-order valence-corrected chi connectivity index (χ4v) is 2.69. The van der Waals surface area contributed by atoms with Crippen LogP contribution in [0, 0.1) is 11.6 Å². The molecule has 1 aliphatic carbocycles. The lowest BCUT2D eigenvalue weighted by Crippen LogP contribution is -2.40. The van der Waals surface area contributed by atoms with E-state index in [9.17, 15) is 13.6 Å². The summed E-state index contributed by atoms with van der Waals surface area (Å²) in [7, 11) is 0. The van der Waals surface area contributed by atoms with E-state index in [0.717, 1.165) is 43.9 Å². The molecule has 5 heteroatoms. The van der Waals surface area contributed by atoms with Crippen LogP contribution in [-0.2, 0) is 11.3 Å². The molecule has 0 unspecified atom stereocenters. The van der Waals surface area contributed by atoms with Gasteiger partial charge in [-0.25, -0.2) is 8.78 Å². The van der Waals surface area contributed by atoms with Gasteiger partial charge in [-0.3, -0.25) is 4.79 Å². The summed E-state index contributed by atoms with van der Waals surface area (Å²) < 4.78 is 26.4. The fourth-order valence-electron chi connectivity index (χ4n) is 2.69. The monoisotopic (exact) mass is 296 g/mol. The molecular formula is C16H22F2N2O. The van der Waals surface area contributed by atoms with Gasteiger partial charge in [-0.2, -0.15) is 0 Å². The summed E-state index contributed by atoms with van der Waals surface area (Å²) >= 11 is 0. The smallest absolute Gasteiger partial charge is 0.234 e. The van der Waals surface area contributed by atoms with Crippen molar-refractivity contribution in [2.75, 3.05) is 6.54 Å². The molecule has 0 heterocycles. The lowest BCUT2D eigenvalue weighted by Gasteiger charge is -2.16. The van der Waals surface area contributed by atoms with E-state index in [1.54, 1.807) is 0 Å². The van der Waals surface area contributed by atoms with Gasteiger partial charge < -0.3 is 10.6 Å². The van der Waals surface area contributed by atoms with Crippen molar-refractivity contribution in [2.45, 2.75) is 51.1 Å². The molecule has 2 rings (SSSR count). The van der Waals surface area contributed by atoms with E-state index in [1.807, 2.05) is 0 Å². The molecule has 3 nitrogen and oxygen atoms in total. The first-order valence-electron chi connectivity index (χ1n) is 7.59. The second-order valence-corrected chi connectivity index (χ2v) is 5.60. The van der Waals surface area contributed by atoms with Crippen molar-refractivity contribution < 1.29 is 13.6 Å². The second-order valence-electron chi connectivity index (χ2n) is 5.60. The van der Waals surface area contributed by atoms with Crippen molar-refractivity contribution in [3.63, 3.8) is 0 Å². The third kappa shape index (κ3) is 5.42. The van der Waals surface area contributed by atoms with E-state index >= 15 is 0 Å². The zero-order valence-corrected chi connectivity index (χ0v) is 12.1. The number of carbonyl (C=O) groups is 1. The molecule has 21 heavy (non-hydrogen) atoms. The normalized spacial score (nSPS) is 16.5. The van der Waals surface area contributed by atoms with Gasteiger partial charge in [-0.05, 0) is 31.0 Å². The summed E-state index contributed by atoms with van der Waals surface area (Å²) in [4.78, 5) is 11.8. The van der Waals surface area contributed by atoms with Crippen LogP contribution >= 0.6 is 0 Å². The summed E-state index contributed by atoms with van der Waals surface area (Å²) in [5.74, 6) is -1.03. The highest BCUT2D eigenvalue weighted by Crippen LogP contribution is 2.17. The van der Waals surface area contributed by atoms with Gasteiger partial charge in [-0.15, -0.1) is 0 Å². The number of amides is 1. The topological polar surface area (TPSA) is 41.1 Å². The van der Waals surface area contributed by atoms with Gasteiger partial charge in [0.2, 0.25) is 5.91 Å². The molecule has 0 saturated heterocycles. The summed E-state index contributed by atoms with van der Waals surface area (Å²) in [5, 5.41) is 5.86. The predicted octanol–water partition coefficient (Wildman–Crippen LogP) is 2.89. The van der Waals surface area contributed by atoms with E-state index < -0.39 is 11.6 Å². The zero-order valence-electron chi connectivity index (χ0n) is 12.1. The summed E-state index contributed by atoms with van der Waals surface area (Å²) in [6.45, 7) is 0.258. The highest BCUT2D eigenvalue weighted by Gasteiger charge is 2.14. The Morgan fingerprint density at radius 2 is 1.86 bits per heavy atom. The number of benzene rings is 1. The molecule has 0 radical (unpaired) electrons. The Balaban J connectivity index is 1.72. The van der Waals surface area contributed by atoms with Crippen LogP contribution in [0.25, 0.3) is 0 Å². The predicted molar refractivity (Wildman–Crippen MR) is 77.7 cm³/mol. The SMILES string of the molecule is O=C(CNCc1cc(F)ccc1F)NC1CCCCCC1. The minimum absolute atomic E-state index is 0.0845. The molecule has 2 N–H and O–H groups in total. The Labute approximate surface area is 124 Å². The molecule has 0 bridgehead atoms. The van der Waals surface area contributed by atoms with Crippen LogP contribution < -0.4 is 10.6 Å². The maximum atomic E-state index is 13.4. The molecule has 0 aliphatic heterocycles. The lowest BCUT2D eigenvalue weighted by molar-refractivity contribution is -0.121. The van der Waals surface area contributed by atoms with Crippen LogP contribution in [0.1, 0.15) is 44.1 Å². The van der Waals surface area contributed by atoms with Gasteiger partial charge >= 0.3 is 0 Å². The summed E-state index contributed by atoms with van der Waals surface area (Å²) in [6.07, 6.45) is 6.86. The number of rotatable bonds is 5. The zero-order chi connectivity index (χ0) is 15.1. The molecular weight excluding hydrogens is 274 g/mol. The first-order chi connectivity index (χ1) is 10.1. The standard InChI is InChI=1S/C16H22F2N2O/c17-13-7-8-15(18)12(9-13)10-19-11-16(21)20-14-5-3-1-2-4-6-14/h7-9,14,19H,1-6,10-11H2,(H,20,21). The van der Waals surface area contributed by atoms with Crippen molar-refractivity contribution in [1.29, 1.82) is 0 Å². The number of hydrogen-bond donors (Lipinski definition) is 2. The fraction of sp³-hybridized carbons (Fsp3) is 0.562. The van der Waals surface area contributed by atoms with Crippen LogP contribution in [0.15, 0.2) is 18.2 Å². The minimum atomic E-state index is -0.476. The largest absolute Gasteiger partial charge is 0.352 e. The summed E-state index contributed by atoms with van der Waals surface area (Å²) in [5.41, 5.74) is 0.234. The van der Waals surface area contributed by atoms with Crippen molar-refractivity contribution in [2.24, 2.45) is 0 Å². The number of carbonyl (C=O) groups excluding carboxylic acids is 1. The molecule has 1 aliphatic rings. The average Bonchev–Trinajstić information content (AvgIpc) is 2.71. The lowest BCUT2D eigenvalue weighted by atomic mass is 10.1. The molecule has 1 saturated carbocycles. The highest BCUT2D eigenvalue weighted by molar-refractivity contribution is 5.78. The van der Waals surface area contributed by atoms with Gasteiger partial charge in [0, 0.05) is 18.2 Å². The third-order valence-electron chi connectivity index (χ3n) is 3.83. The minimum Gasteiger partial charge on any atom is -0.352 e. The molecule has 1 amide bonds. The van der Waals surface area contributed by atoms with Gasteiger partial charge in [0.15, 0.2) is 0 Å². The Bertz CT molecular complexity index is 471. The summed E-state index contributed by atoms with van der Waals surface area (Å²) in [6, 6.07) is 3.58. The maximum absolute atomic E-state index is 13.4. The Morgan fingerprint density at radius 1 is 1.14 bits per heavy atom. The quantitative estimate of drug-likeness (QED) is 0.820. The van der Waals surface area contributed by atoms with E-state index in [2.05, 4.69) is 10.6 Å². The van der Waals surface area contributed by atoms with Gasteiger partial charge in [0.25, 0.3) is 0 Å². The van der Waals surface area contributed by atoms with Crippen LogP contribution in [-0.4, -0.2) is 18.5 Å². The molecule has 1 aromatic carbocycles.